The van der Waals surface area contributed by atoms with Crippen molar-refractivity contribution in [2.24, 2.45) is 0 Å². The molecule has 2 aliphatic heterocycles. The number of carbonyl (C=O) groups excluding carboxylic acids is 2. The van der Waals surface area contributed by atoms with Crippen LogP contribution >= 0.6 is 0 Å². The average molecular weight is 382 g/mol. The van der Waals surface area contributed by atoms with Gasteiger partial charge in [-0.2, -0.15) is 0 Å². The van der Waals surface area contributed by atoms with Gasteiger partial charge in [-0.3, -0.25) is 9.78 Å². The third-order valence-corrected chi connectivity index (χ3v) is 4.69. The number of anilines is 1. The normalized spacial score (nSPS) is 17.7. The highest BCUT2D eigenvalue weighted by molar-refractivity contribution is 5.90. The Hall–Kier alpha value is -3.29. The van der Waals surface area contributed by atoms with Crippen molar-refractivity contribution in [1.82, 2.24) is 15.2 Å². The molecule has 8 nitrogen and oxygen atoms in total. The Bertz CT molecular complexity index is 859. The summed E-state index contributed by atoms with van der Waals surface area (Å²) < 4.78 is 11.1. The summed E-state index contributed by atoms with van der Waals surface area (Å²) in [5, 5.41) is 5.82. The first-order valence-corrected chi connectivity index (χ1v) is 9.32. The van der Waals surface area contributed by atoms with Gasteiger partial charge in [-0.05, 0) is 30.7 Å². The van der Waals surface area contributed by atoms with E-state index in [0.717, 1.165) is 12.1 Å². The number of pyridine rings is 1. The van der Waals surface area contributed by atoms with Crippen LogP contribution in [-0.2, 0) is 11.3 Å². The van der Waals surface area contributed by atoms with E-state index in [1.54, 1.807) is 29.3 Å². The van der Waals surface area contributed by atoms with Crippen LogP contribution in [0.3, 0.4) is 0 Å². The summed E-state index contributed by atoms with van der Waals surface area (Å²) in [4.78, 5) is 30.5. The monoisotopic (exact) mass is 382 g/mol. The number of aromatic nitrogens is 1. The lowest BCUT2D eigenvalue weighted by Crippen LogP contribution is -2.43. The van der Waals surface area contributed by atoms with Gasteiger partial charge in [0.05, 0.1) is 12.2 Å². The Balaban J connectivity index is 1.48. The third-order valence-electron chi connectivity index (χ3n) is 4.69. The van der Waals surface area contributed by atoms with Crippen molar-refractivity contribution in [2.45, 2.75) is 25.4 Å². The largest absolute Gasteiger partial charge is 0.486 e. The molecule has 146 valence electrons. The molecule has 0 radical (unpaired) electrons. The first kappa shape index (κ1) is 18.1. The molecular formula is C20H22N4O4. The van der Waals surface area contributed by atoms with Crippen molar-refractivity contribution in [3.63, 3.8) is 0 Å². The predicted octanol–water partition coefficient (Wildman–Crippen LogP) is 2.17. The van der Waals surface area contributed by atoms with E-state index in [1.807, 2.05) is 18.2 Å². The molecule has 3 heterocycles. The Morgan fingerprint density at radius 1 is 1.21 bits per heavy atom. The van der Waals surface area contributed by atoms with E-state index >= 15 is 0 Å². The zero-order valence-corrected chi connectivity index (χ0v) is 15.4. The van der Waals surface area contributed by atoms with Crippen molar-refractivity contribution < 1.29 is 19.1 Å². The van der Waals surface area contributed by atoms with Gasteiger partial charge in [-0.15, -0.1) is 0 Å². The SMILES string of the molecule is O=C1CC[C@@H](CN(Cc2ccccn2)C(=O)Nc2ccc3c(c2)OCCO3)N1. The van der Waals surface area contributed by atoms with Gasteiger partial charge in [0.2, 0.25) is 5.91 Å². The summed E-state index contributed by atoms with van der Waals surface area (Å²) in [7, 11) is 0. The van der Waals surface area contributed by atoms with E-state index in [2.05, 4.69) is 15.6 Å². The highest BCUT2D eigenvalue weighted by Crippen LogP contribution is 2.32. The van der Waals surface area contributed by atoms with Gasteiger partial charge in [0, 0.05) is 37.0 Å². The van der Waals surface area contributed by atoms with E-state index in [4.69, 9.17) is 9.47 Å². The van der Waals surface area contributed by atoms with E-state index in [0.29, 0.717) is 49.9 Å². The molecule has 1 atom stereocenters. The van der Waals surface area contributed by atoms with Crippen LogP contribution in [0.1, 0.15) is 18.5 Å². The first-order valence-electron chi connectivity index (χ1n) is 9.32. The highest BCUT2D eigenvalue weighted by Gasteiger charge is 2.26. The van der Waals surface area contributed by atoms with Crippen LogP contribution in [0.2, 0.25) is 0 Å². The summed E-state index contributed by atoms with van der Waals surface area (Å²) in [5.41, 5.74) is 1.40. The number of amides is 3. The molecule has 1 fully saturated rings. The maximum Gasteiger partial charge on any atom is 0.322 e. The number of carbonyl (C=O) groups is 2. The summed E-state index contributed by atoms with van der Waals surface area (Å²) in [6, 6.07) is 10.6. The lowest BCUT2D eigenvalue weighted by Gasteiger charge is -2.26. The zero-order chi connectivity index (χ0) is 19.3. The van der Waals surface area contributed by atoms with Crippen LogP contribution in [0.5, 0.6) is 11.5 Å². The zero-order valence-electron chi connectivity index (χ0n) is 15.4. The summed E-state index contributed by atoms with van der Waals surface area (Å²) in [5.74, 6) is 1.31. The molecule has 28 heavy (non-hydrogen) atoms. The molecule has 3 amide bonds. The average Bonchev–Trinajstić information content (AvgIpc) is 3.13. The molecule has 8 heteroatoms. The third kappa shape index (κ3) is 4.33. The fourth-order valence-corrected chi connectivity index (χ4v) is 3.31. The van der Waals surface area contributed by atoms with Crippen molar-refractivity contribution in [1.29, 1.82) is 0 Å². The van der Waals surface area contributed by atoms with Gasteiger partial charge >= 0.3 is 6.03 Å². The van der Waals surface area contributed by atoms with Gasteiger partial charge in [0.1, 0.15) is 13.2 Å². The standard InChI is InChI=1S/C20H22N4O4/c25-19-7-5-16(22-19)13-24(12-15-3-1-2-8-21-15)20(26)23-14-4-6-17-18(11-14)28-10-9-27-17/h1-4,6,8,11,16H,5,7,9-10,12-13H2,(H,22,25)(H,23,26)/t16-/m0/s1. The number of rotatable bonds is 5. The smallest absolute Gasteiger partial charge is 0.322 e. The van der Waals surface area contributed by atoms with E-state index in [9.17, 15) is 9.59 Å². The fourth-order valence-electron chi connectivity index (χ4n) is 3.31. The minimum absolute atomic E-state index is 0.0232. The summed E-state index contributed by atoms with van der Waals surface area (Å²) in [6.45, 7) is 1.77. The van der Waals surface area contributed by atoms with Gasteiger partial charge < -0.3 is 25.0 Å². The number of fused-ring (bicyclic) bond motifs is 1. The topological polar surface area (TPSA) is 92.8 Å². The molecule has 2 N–H and O–H groups in total. The van der Waals surface area contributed by atoms with Gasteiger partial charge in [0.15, 0.2) is 11.5 Å². The quantitative estimate of drug-likeness (QED) is 0.827. The molecule has 1 saturated heterocycles. The summed E-state index contributed by atoms with van der Waals surface area (Å²) >= 11 is 0. The number of hydrogen-bond acceptors (Lipinski definition) is 5. The van der Waals surface area contributed by atoms with Crippen LogP contribution < -0.4 is 20.1 Å². The minimum atomic E-state index is -0.261. The Morgan fingerprint density at radius 3 is 2.82 bits per heavy atom. The molecule has 2 aromatic rings. The van der Waals surface area contributed by atoms with Crippen LogP contribution in [-0.4, -0.2) is 47.6 Å². The maximum absolute atomic E-state index is 13.0. The van der Waals surface area contributed by atoms with Crippen LogP contribution in [0, 0.1) is 0 Å². The Labute approximate surface area is 162 Å². The number of nitrogens with zero attached hydrogens (tertiary/aromatic N) is 2. The molecule has 0 bridgehead atoms. The van der Waals surface area contributed by atoms with Crippen molar-refractivity contribution >= 4 is 17.6 Å². The van der Waals surface area contributed by atoms with E-state index in [1.165, 1.54) is 0 Å². The summed E-state index contributed by atoms with van der Waals surface area (Å²) in [6.07, 6.45) is 2.91. The Morgan fingerprint density at radius 2 is 2.07 bits per heavy atom. The van der Waals surface area contributed by atoms with Gasteiger partial charge in [0.25, 0.3) is 0 Å². The van der Waals surface area contributed by atoms with Crippen molar-refractivity contribution in [3.05, 3.63) is 48.3 Å². The maximum atomic E-state index is 13.0. The van der Waals surface area contributed by atoms with Crippen LogP contribution in [0.15, 0.2) is 42.6 Å². The fraction of sp³-hybridized carbons (Fsp3) is 0.350. The van der Waals surface area contributed by atoms with Crippen molar-refractivity contribution in [2.75, 3.05) is 25.1 Å². The number of hydrogen-bond donors (Lipinski definition) is 2. The lowest BCUT2D eigenvalue weighted by atomic mass is 10.2. The second kappa shape index (κ2) is 8.16. The van der Waals surface area contributed by atoms with Gasteiger partial charge in [-0.25, -0.2) is 4.79 Å². The predicted molar refractivity (Wildman–Crippen MR) is 102 cm³/mol. The molecule has 0 unspecified atom stereocenters. The number of benzene rings is 1. The first-order chi connectivity index (χ1) is 13.7. The highest BCUT2D eigenvalue weighted by atomic mass is 16.6. The lowest BCUT2D eigenvalue weighted by molar-refractivity contribution is -0.119. The molecule has 1 aromatic heterocycles. The number of nitrogens with one attached hydrogen (secondary N) is 2. The second-order valence-corrected chi connectivity index (χ2v) is 6.79. The van der Waals surface area contributed by atoms with Crippen LogP contribution in [0.25, 0.3) is 0 Å². The van der Waals surface area contributed by atoms with Crippen LogP contribution in [0.4, 0.5) is 10.5 Å². The molecule has 0 saturated carbocycles. The molecule has 1 aromatic carbocycles. The number of urea groups is 1. The molecule has 4 rings (SSSR count). The molecule has 2 aliphatic rings. The van der Waals surface area contributed by atoms with E-state index in [-0.39, 0.29) is 18.0 Å². The molecular weight excluding hydrogens is 360 g/mol. The second-order valence-electron chi connectivity index (χ2n) is 6.79. The number of ether oxygens (including phenoxy) is 2. The molecule has 0 aliphatic carbocycles. The molecule has 0 spiro atoms. The van der Waals surface area contributed by atoms with E-state index < -0.39 is 0 Å². The minimum Gasteiger partial charge on any atom is -0.486 e. The Kier molecular flexibility index (Phi) is 5.27. The van der Waals surface area contributed by atoms with Gasteiger partial charge in [-0.1, -0.05) is 6.07 Å². The van der Waals surface area contributed by atoms with Crippen molar-refractivity contribution in [3.8, 4) is 11.5 Å².